The van der Waals surface area contributed by atoms with Crippen LogP contribution in [-0.2, 0) is 6.42 Å². The molecule has 0 fully saturated rings. The van der Waals surface area contributed by atoms with Gasteiger partial charge in [-0.05, 0) is 29.8 Å². The molecule has 1 aromatic heterocycles. The van der Waals surface area contributed by atoms with Crippen molar-refractivity contribution in [1.29, 1.82) is 0 Å². The Labute approximate surface area is 150 Å². The van der Waals surface area contributed by atoms with Crippen LogP contribution in [0.1, 0.15) is 17.0 Å². The van der Waals surface area contributed by atoms with Gasteiger partial charge in [0.2, 0.25) is 0 Å². The van der Waals surface area contributed by atoms with Crippen LogP contribution in [0.25, 0.3) is 11.1 Å². The van der Waals surface area contributed by atoms with Crippen LogP contribution in [-0.4, -0.2) is 30.9 Å². The number of oxazole rings is 1. The number of hydrogen-bond acceptors (Lipinski definition) is 5. The van der Waals surface area contributed by atoms with Gasteiger partial charge in [0.15, 0.2) is 23.0 Å². The number of aliphatic hydroxyl groups excluding tert-OH is 1. The van der Waals surface area contributed by atoms with E-state index >= 15 is 0 Å². The molecule has 2 aromatic carbocycles. The standard InChI is InChI=1S/C19H16ClNO4/c1-23-16-6-5-12(8-17(16)24-2)9-18-21-15-11-14(20)10-13(4-3-7-22)19(15)25-18/h5-6,8,10-11,22H,7,9H2,1-2H3. The molecular weight excluding hydrogens is 342 g/mol. The van der Waals surface area contributed by atoms with E-state index in [1.807, 2.05) is 18.2 Å². The number of aromatic nitrogens is 1. The molecule has 3 rings (SSSR count). The Morgan fingerprint density at radius 3 is 2.68 bits per heavy atom. The maximum atomic E-state index is 8.89. The molecule has 1 N–H and O–H groups in total. The van der Waals surface area contributed by atoms with Crippen molar-refractivity contribution in [2.45, 2.75) is 6.42 Å². The van der Waals surface area contributed by atoms with Gasteiger partial charge in [-0.3, -0.25) is 0 Å². The molecule has 0 aliphatic heterocycles. The van der Waals surface area contributed by atoms with Crippen LogP contribution in [0.5, 0.6) is 11.5 Å². The number of fused-ring (bicyclic) bond motifs is 1. The minimum Gasteiger partial charge on any atom is -0.493 e. The quantitative estimate of drug-likeness (QED) is 0.725. The smallest absolute Gasteiger partial charge is 0.199 e. The summed E-state index contributed by atoms with van der Waals surface area (Å²) in [5.41, 5.74) is 2.76. The Kier molecular flexibility index (Phi) is 5.13. The highest BCUT2D eigenvalue weighted by atomic mass is 35.5. The first kappa shape index (κ1) is 17.2. The highest BCUT2D eigenvalue weighted by Crippen LogP contribution is 2.30. The third-order valence-electron chi connectivity index (χ3n) is 3.60. The molecular formula is C19H16ClNO4. The summed E-state index contributed by atoms with van der Waals surface area (Å²) in [6.07, 6.45) is 0.486. The maximum absolute atomic E-state index is 8.89. The monoisotopic (exact) mass is 357 g/mol. The molecule has 0 saturated carbocycles. The molecule has 25 heavy (non-hydrogen) atoms. The van der Waals surface area contributed by atoms with E-state index in [-0.39, 0.29) is 6.61 Å². The van der Waals surface area contributed by atoms with Crippen LogP contribution < -0.4 is 9.47 Å². The molecule has 0 radical (unpaired) electrons. The molecule has 0 amide bonds. The van der Waals surface area contributed by atoms with Crippen molar-refractivity contribution >= 4 is 22.7 Å². The van der Waals surface area contributed by atoms with Gasteiger partial charge in [0, 0.05) is 11.4 Å². The molecule has 6 heteroatoms. The van der Waals surface area contributed by atoms with Crippen LogP contribution in [0.15, 0.2) is 34.7 Å². The van der Waals surface area contributed by atoms with Crippen molar-refractivity contribution in [3.8, 4) is 23.3 Å². The largest absolute Gasteiger partial charge is 0.493 e. The predicted octanol–water partition coefficient (Wildman–Crippen LogP) is 3.43. The first-order valence-electron chi connectivity index (χ1n) is 7.54. The van der Waals surface area contributed by atoms with Crippen LogP contribution >= 0.6 is 11.6 Å². The van der Waals surface area contributed by atoms with E-state index in [1.54, 1.807) is 26.4 Å². The number of aliphatic hydroxyl groups is 1. The zero-order valence-corrected chi connectivity index (χ0v) is 14.6. The number of methoxy groups -OCH3 is 2. The summed E-state index contributed by atoms with van der Waals surface area (Å²) >= 11 is 6.10. The molecule has 0 aliphatic rings. The van der Waals surface area contributed by atoms with E-state index in [2.05, 4.69) is 16.8 Å². The first-order chi connectivity index (χ1) is 12.1. The van der Waals surface area contributed by atoms with Crippen molar-refractivity contribution < 1.29 is 19.0 Å². The number of hydrogen-bond donors (Lipinski definition) is 1. The van der Waals surface area contributed by atoms with Crippen molar-refractivity contribution in [3.05, 3.63) is 52.4 Å². The van der Waals surface area contributed by atoms with Gasteiger partial charge < -0.3 is 19.0 Å². The summed E-state index contributed by atoms with van der Waals surface area (Å²) in [6, 6.07) is 9.06. The summed E-state index contributed by atoms with van der Waals surface area (Å²) in [5.74, 6) is 7.28. The van der Waals surface area contributed by atoms with Crippen molar-refractivity contribution in [1.82, 2.24) is 4.98 Å². The Bertz CT molecular complexity index is 969. The highest BCUT2D eigenvalue weighted by Gasteiger charge is 2.13. The SMILES string of the molecule is COc1ccc(Cc2nc3cc(Cl)cc(C#CCO)c3o2)cc1OC. The van der Waals surface area contributed by atoms with E-state index in [1.165, 1.54) is 0 Å². The lowest BCUT2D eigenvalue weighted by molar-refractivity contribution is 0.350. The first-order valence-corrected chi connectivity index (χ1v) is 7.92. The third-order valence-corrected chi connectivity index (χ3v) is 3.82. The summed E-state index contributed by atoms with van der Waals surface area (Å²) in [7, 11) is 3.19. The molecule has 0 unspecified atom stereocenters. The molecule has 1 heterocycles. The molecule has 0 atom stereocenters. The fourth-order valence-electron chi connectivity index (χ4n) is 2.51. The van der Waals surface area contributed by atoms with Gasteiger partial charge in [0.1, 0.15) is 12.1 Å². The van der Waals surface area contributed by atoms with Gasteiger partial charge >= 0.3 is 0 Å². The van der Waals surface area contributed by atoms with Gasteiger partial charge in [-0.2, -0.15) is 0 Å². The summed E-state index contributed by atoms with van der Waals surface area (Å²) in [4.78, 5) is 4.48. The van der Waals surface area contributed by atoms with E-state index in [0.717, 1.165) is 5.56 Å². The number of nitrogens with zero attached hydrogens (tertiary/aromatic N) is 1. The topological polar surface area (TPSA) is 64.7 Å². The molecule has 0 aliphatic carbocycles. The fraction of sp³-hybridized carbons (Fsp3) is 0.211. The van der Waals surface area contributed by atoms with Crippen molar-refractivity contribution in [2.75, 3.05) is 20.8 Å². The average molecular weight is 358 g/mol. The average Bonchev–Trinajstić information content (AvgIpc) is 3.01. The number of benzene rings is 2. The van der Waals surface area contributed by atoms with Crippen LogP contribution in [0, 0.1) is 11.8 Å². The fourth-order valence-corrected chi connectivity index (χ4v) is 2.73. The van der Waals surface area contributed by atoms with Gasteiger partial charge in [-0.25, -0.2) is 4.98 Å². The number of halogens is 1. The maximum Gasteiger partial charge on any atom is 0.199 e. The van der Waals surface area contributed by atoms with Gasteiger partial charge in [-0.1, -0.05) is 29.5 Å². The summed E-state index contributed by atoms with van der Waals surface area (Å²) in [5, 5.41) is 9.40. The number of ether oxygens (including phenoxy) is 2. The van der Waals surface area contributed by atoms with E-state index < -0.39 is 0 Å². The van der Waals surface area contributed by atoms with Crippen molar-refractivity contribution in [3.63, 3.8) is 0 Å². The van der Waals surface area contributed by atoms with E-state index in [0.29, 0.717) is 45.5 Å². The van der Waals surface area contributed by atoms with E-state index in [4.69, 9.17) is 30.6 Å². The minimum absolute atomic E-state index is 0.235. The predicted molar refractivity (Wildman–Crippen MR) is 95.3 cm³/mol. The normalized spacial score (nSPS) is 10.4. The third kappa shape index (κ3) is 3.71. The van der Waals surface area contributed by atoms with Gasteiger partial charge in [0.25, 0.3) is 0 Å². The Balaban J connectivity index is 1.97. The molecule has 3 aromatic rings. The highest BCUT2D eigenvalue weighted by molar-refractivity contribution is 6.31. The summed E-state index contributed by atoms with van der Waals surface area (Å²) in [6.45, 7) is -0.235. The zero-order valence-electron chi connectivity index (χ0n) is 13.8. The lowest BCUT2D eigenvalue weighted by Gasteiger charge is -2.08. The molecule has 0 bridgehead atoms. The summed E-state index contributed by atoms with van der Waals surface area (Å²) < 4.78 is 16.4. The molecule has 0 saturated heterocycles. The second-order valence-corrected chi connectivity index (χ2v) is 5.67. The second-order valence-electron chi connectivity index (χ2n) is 5.24. The van der Waals surface area contributed by atoms with Crippen LogP contribution in [0.4, 0.5) is 0 Å². The molecule has 5 nitrogen and oxygen atoms in total. The Morgan fingerprint density at radius 2 is 1.96 bits per heavy atom. The lowest BCUT2D eigenvalue weighted by atomic mass is 10.1. The lowest BCUT2D eigenvalue weighted by Crippen LogP contribution is -1.93. The minimum atomic E-state index is -0.235. The van der Waals surface area contributed by atoms with Crippen LogP contribution in [0.3, 0.4) is 0 Å². The van der Waals surface area contributed by atoms with Crippen molar-refractivity contribution in [2.24, 2.45) is 0 Å². The van der Waals surface area contributed by atoms with Crippen LogP contribution in [0.2, 0.25) is 5.02 Å². The molecule has 0 spiro atoms. The van der Waals surface area contributed by atoms with Gasteiger partial charge in [0.05, 0.1) is 19.8 Å². The van der Waals surface area contributed by atoms with Gasteiger partial charge in [-0.15, -0.1) is 0 Å². The zero-order chi connectivity index (χ0) is 17.8. The number of rotatable bonds is 4. The van der Waals surface area contributed by atoms with E-state index in [9.17, 15) is 0 Å². The molecule has 128 valence electrons. The second kappa shape index (κ2) is 7.47. The Morgan fingerprint density at radius 1 is 1.16 bits per heavy atom. The Hall–Kier alpha value is -2.68.